The van der Waals surface area contributed by atoms with Crippen LogP contribution in [0, 0.1) is 5.82 Å². The van der Waals surface area contributed by atoms with Crippen LogP contribution in [0.3, 0.4) is 0 Å². The fourth-order valence-electron chi connectivity index (χ4n) is 3.19. The van der Waals surface area contributed by atoms with Crippen molar-refractivity contribution >= 4 is 44.7 Å². The summed E-state index contributed by atoms with van der Waals surface area (Å²) in [5, 5.41) is 7.54. The van der Waals surface area contributed by atoms with Crippen molar-refractivity contribution in [2.24, 2.45) is 0 Å². The van der Waals surface area contributed by atoms with Crippen LogP contribution in [0.4, 0.5) is 15.8 Å². The molecule has 0 saturated carbocycles. The normalized spacial score (nSPS) is 10.8. The van der Waals surface area contributed by atoms with Crippen LogP contribution in [-0.2, 0) is 11.3 Å². The molecule has 2 amide bonds. The van der Waals surface area contributed by atoms with Crippen molar-refractivity contribution in [1.29, 1.82) is 0 Å². The number of amides is 2. The van der Waals surface area contributed by atoms with Gasteiger partial charge in [-0.1, -0.05) is 12.1 Å². The Hall–Kier alpha value is -3.45. The monoisotopic (exact) mass is 407 g/mol. The van der Waals surface area contributed by atoms with Crippen molar-refractivity contribution in [3.05, 3.63) is 83.1 Å². The van der Waals surface area contributed by atoms with Crippen molar-refractivity contribution in [3.63, 3.8) is 0 Å². The highest BCUT2D eigenvalue weighted by molar-refractivity contribution is 7.17. The maximum Gasteiger partial charge on any atom is 0.272 e. The minimum Gasteiger partial charge on any atom is -0.331 e. The molecule has 7 heteroatoms. The van der Waals surface area contributed by atoms with Crippen molar-refractivity contribution in [1.82, 2.24) is 4.57 Å². The van der Waals surface area contributed by atoms with E-state index in [0.717, 1.165) is 15.8 Å². The Labute approximate surface area is 170 Å². The molecular weight excluding hydrogens is 389 g/mol. The molecule has 0 spiro atoms. The molecule has 0 radical (unpaired) electrons. The van der Waals surface area contributed by atoms with Gasteiger partial charge in [-0.2, -0.15) is 0 Å². The molecule has 29 heavy (non-hydrogen) atoms. The summed E-state index contributed by atoms with van der Waals surface area (Å²) in [5.41, 5.74) is 3.49. The van der Waals surface area contributed by atoms with Gasteiger partial charge in [-0.25, -0.2) is 4.39 Å². The van der Waals surface area contributed by atoms with Crippen LogP contribution < -0.4 is 10.6 Å². The average molecular weight is 407 g/mol. The molecule has 4 aromatic rings. The number of aromatic nitrogens is 1. The van der Waals surface area contributed by atoms with Crippen LogP contribution in [0.25, 0.3) is 10.2 Å². The summed E-state index contributed by atoms with van der Waals surface area (Å²) in [6.45, 7) is 1.83. The van der Waals surface area contributed by atoms with Gasteiger partial charge in [0.2, 0.25) is 5.91 Å². The minimum absolute atomic E-state index is 0.156. The summed E-state index contributed by atoms with van der Waals surface area (Å²) in [6.07, 6.45) is 0. The quantitative estimate of drug-likeness (QED) is 0.483. The zero-order chi connectivity index (χ0) is 20.4. The second-order valence-corrected chi connectivity index (χ2v) is 7.58. The Bertz CT molecular complexity index is 1190. The molecule has 0 saturated heterocycles. The van der Waals surface area contributed by atoms with Crippen molar-refractivity contribution in [3.8, 4) is 0 Å². The molecule has 0 aliphatic heterocycles. The van der Waals surface area contributed by atoms with Gasteiger partial charge in [-0.3, -0.25) is 9.59 Å². The molecular formula is C22H18FN3O2S. The molecule has 0 aliphatic rings. The lowest BCUT2D eigenvalue weighted by atomic mass is 10.2. The van der Waals surface area contributed by atoms with Gasteiger partial charge >= 0.3 is 0 Å². The third kappa shape index (κ3) is 4.20. The molecule has 0 unspecified atom stereocenters. The van der Waals surface area contributed by atoms with Crippen LogP contribution in [0.2, 0.25) is 0 Å². The van der Waals surface area contributed by atoms with E-state index in [1.54, 1.807) is 41.7 Å². The third-order valence-electron chi connectivity index (χ3n) is 4.45. The first-order chi connectivity index (χ1) is 14.0. The van der Waals surface area contributed by atoms with E-state index in [9.17, 15) is 14.0 Å². The number of benzene rings is 2. The van der Waals surface area contributed by atoms with Crippen molar-refractivity contribution in [2.75, 3.05) is 10.6 Å². The number of halogens is 1. The second kappa shape index (κ2) is 7.89. The highest BCUT2D eigenvalue weighted by atomic mass is 32.1. The number of carbonyl (C=O) groups excluding carboxylic acids is 2. The number of hydrogen-bond acceptors (Lipinski definition) is 3. The van der Waals surface area contributed by atoms with E-state index in [1.807, 2.05) is 28.1 Å². The number of rotatable bonds is 5. The smallest absolute Gasteiger partial charge is 0.272 e. The summed E-state index contributed by atoms with van der Waals surface area (Å²) >= 11 is 1.55. The number of nitrogens with one attached hydrogen (secondary N) is 2. The van der Waals surface area contributed by atoms with Gasteiger partial charge in [0.1, 0.15) is 11.5 Å². The number of hydrogen-bond donors (Lipinski definition) is 2. The molecule has 0 aliphatic carbocycles. The topological polar surface area (TPSA) is 63.1 Å². The standard InChI is InChI=1S/C22H18FN3O2S/c1-14(27)24-17-5-7-18(8-6-17)25-22(28)20-12-21-19(9-10-29-21)26(20)13-15-3-2-4-16(23)11-15/h2-12H,13H2,1H3,(H,24,27)(H,25,28). The van der Waals surface area contributed by atoms with Crippen LogP contribution in [0.5, 0.6) is 0 Å². The summed E-state index contributed by atoms with van der Waals surface area (Å²) < 4.78 is 16.5. The van der Waals surface area contributed by atoms with Crippen LogP contribution >= 0.6 is 11.3 Å². The maximum absolute atomic E-state index is 13.6. The number of fused-ring (bicyclic) bond motifs is 1. The van der Waals surface area contributed by atoms with E-state index in [-0.39, 0.29) is 17.6 Å². The highest BCUT2D eigenvalue weighted by Crippen LogP contribution is 2.27. The van der Waals surface area contributed by atoms with Gasteiger partial charge in [0.15, 0.2) is 0 Å². The first-order valence-corrected chi connectivity index (χ1v) is 9.88. The second-order valence-electron chi connectivity index (χ2n) is 6.63. The fraction of sp³-hybridized carbons (Fsp3) is 0.0909. The molecule has 146 valence electrons. The van der Waals surface area contributed by atoms with Crippen LogP contribution in [0.15, 0.2) is 66.0 Å². The molecule has 0 fully saturated rings. The number of anilines is 2. The predicted molar refractivity (Wildman–Crippen MR) is 114 cm³/mol. The summed E-state index contributed by atoms with van der Waals surface area (Å²) in [4.78, 5) is 24.1. The van der Waals surface area contributed by atoms with Crippen molar-refractivity contribution < 1.29 is 14.0 Å². The first kappa shape index (κ1) is 18.9. The van der Waals surface area contributed by atoms with E-state index < -0.39 is 0 Å². The Morgan fingerprint density at radius 1 is 1.00 bits per heavy atom. The Balaban J connectivity index is 1.60. The van der Waals surface area contributed by atoms with E-state index in [1.165, 1.54) is 19.1 Å². The van der Waals surface area contributed by atoms with Crippen molar-refractivity contribution in [2.45, 2.75) is 13.5 Å². The Morgan fingerprint density at radius 3 is 2.41 bits per heavy atom. The van der Waals surface area contributed by atoms with E-state index in [0.29, 0.717) is 23.6 Å². The van der Waals surface area contributed by atoms with Gasteiger partial charge < -0.3 is 15.2 Å². The summed E-state index contributed by atoms with van der Waals surface area (Å²) in [7, 11) is 0. The van der Waals surface area contributed by atoms with E-state index in [2.05, 4.69) is 10.6 Å². The van der Waals surface area contributed by atoms with Gasteiger partial charge in [0.05, 0.1) is 10.2 Å². The molecule has 4 rings (SSSR count). The summed E-state index contributed by atoms with van der Waals surface area (Å²) in [6, 6.07) is 17.1. The lowest BCUT2D eigenvalue weighted by molar-refractivity contribution is -0.114. The van der Waals surface area contributed by atoms with Gasteiger partial charge in [0.25, 0.3) is 5.91 Å². The van der Waals surface area contributed by atoms with Gasteiger partial charge in [-0.15, -0.1) is 11.3 Å². The first-order valence-electron chi connectivity index (χ1n) is 9.00. The molecule has 2 aromatic heterocycles. The minimum atomic E-state index is -0.304. The Morgan fingerprint density at radius 2 is 1.72 bits per heavy atom. The Kier molecular flexibility index (Phi) is 5.14. The van der Waals surface area contributed by atoms with Gasteiger partial charge in [0, 0.05) is 24.8 Å². The zero-order valence-electron chi connectivity index (χ0n) is 15.6. The SMILES string of the molecule is CC(=O)Nc1ccc(NC(=O)c2cc3sccc3n2Cc2cccc(F)c2)cc1. The number of carbonyl (C=O) groups is 2. The summed E-state index contributed by atoms with van der Waals surface area (Å²) in [5.74, 6) is -0.712. The number of nitrogens with zero attached hydrogens (tertiary/aromatic N) is 1. The largest absolute Gasteiger partial charge is 0.331 e. The molecule has 5 nitrogen and oxygen atoms in total. The zero-order valence-corrected chi connectivity index (χ0v) is 16.4. The average Bonchev–Trinajstić information content (AvgIpc) is 3.26. The highest BCUT2D eigenvalue weighted by Gasteiger charge is 2.17. The fourth-order valence-corrected chi connectivity index (χ4v) is 4.01. The number of thiophene rings is 1. The van der Waals surface area contributed by atoms with Crippen LogP contribution in [0.1, 0.15) is 23.0 Å². The maximum atomic E-state index is 13.6. The van der Waals surface area contributed by atoms with Gasteiger partial charge in [-0.05, 0) is 59.5 Å². The predicted octanol–water partition coefficient (Wildman–Crippen LogP) is 5.10. The third-order valence-corrected chi connectivity index (χ3v) is 5.30. The molecule has 0 bridgehead atoms. The molecule has 2 heterocycles. The molecule has 2 N–H and O–H groups in total. The van der Waals surface area contributed by atoms with Crippen LogP contribution in [-0.4, -0.2) is 16.4 Å². The molecule has 0 atom stereocenters. The lowest BCUT2D eigenvalue weighted by Gasteiger charge is -2.12. The van der Waals surface area contributed by atoms with E-state index in [4.69, 9.17) is 0 Å². The molecule has 2 aromatic carbocycles. The lowest BCUT2D eigenvalue weighted by Crippen LogP contribution is -2.17. The van der Waals surface area contributed by atoms with E-state index >= 15 is 0 Å².